The first-order valence-electron chi connectivity index (χ1n) is 5.78. The van der Waals surface area contributed by atoms with E-state index in [1.165, 1.54) is 0 Å². The Morgan fingerprint density at radius 1 is 0.947 bits per heavy atom. The molecule has 2 aromatic rings. The van der Waals surface area contributed by atoms with Gasteiger partial charge < -0.3 is 4.74 Å². The highest BCUT2D eigenvalue weighted by Crippen LogP contribution is 2.23. The zero-order chi connectivity index (χ0) is 13.5. The van der Waals surface area contributed by atoms with E-state index in [2.05, 4.69) is 4.18 Å². The van der Waals surface area contributed by atoms with Crippen LogP contribution in [0.4, 0.5) is 0 Å². The lowest BCUT2D eigenvalue weighted by molar-refractivity contribution is 0.217. The molecule has 100 valence electrons. The first-order chi connectivity index (χ1) is 9.25. The van der Waals surface area contributed by atoms with Gasteiger partial charge in [0.05, 0.1) is 0 Å². The molecule has 0 aliphatic carbocycles. The first kappa shape index (κ1) is 13.7. The second-order valence-corrected chi connectivity index (χ2v) is 4.45. The monoisotopic (exact) mass is 278 g/mol. The van der Waals surface area contributed by atoms with E-state index < -0.39 is 11.4 Å². The first-order valence-corrected chi connectivity index (χ1v) is 6.81. The SMILES string of the molecule is O=S(O)OCCOc1cccc(-c2ccccc2)c1. The van der Waals surface area contributed by atoms with Crippen molar-refractivity contribution in [2.24, 2.45) is 0 Å². The summed E-state index contributed by atoms with van der Waals surface area (Å²) in [6, 6.07) is 17.6. The van der Waals surface area contributed by atoms with Gasteiger partial charge in [0.1, 0.15) is 19.0 Å². The van der Waals surface area contributed by atoms with Crippen LogP contribution < -0.4 is 4.74 Å². The predicted octanol–water partition coefficient (Wildman–Crippen LogP) is 2.89. The third-order valence-corrected chi connectivity index (χ3v) is 2.85. The van der Waals surface area contributed by atoms with Gasteiger partial charge in [0.25, 0.3) is 0 Å². The molecule has 0 amide bonds. The number of ether oxygens (including phenoxy) is 1. The average Bonchev–Trinajstić information content (AvgIpc) is 2.45. The van der Waals surface area contributed by atoms with Crippen LogP contribution in [0.1, 0.15) is 0 Å². The lowest BCUT2D eigenvalue weighted by Crippen LogP contribution is -2.07. The van der Waals surface area contributed by atoms with Gasteiger partial charge in [0.15, 0.2) is 0 Å². The van der Waals surface area contributed by atoms with Gasteiger partial charge in [0.2, 0.25) is 0 Å². The summed E-state index contributed by atoms with van der Waals surface area (Å²) in [4.78, 5) is 0. The molecule has 0 aliphatic rings. The molecule has 2 aromatic carbocycles. The fraction of sp³-hybridized carbons (Fsp3) is 0.143. The summed E-state index contributed by atoms with van der Waals surface area (Å²) in [6.07, 6.45) is 0. The molecule has 4 nitrogen and oxygen atoms in total. The molecule has 2 rings (SSSR count). The fourth-order valence-corrected chi connectivity index (χ4v) is 1.87. The molecule has 0 aromatic heterocycles. The van der Waals surface area contributed by atoms with Crippen LogP contribution >= 0.6 is 0 Å². The summed E-state index contributed by atoms with van der Waals surface area (Å²) in [5.74, 6) is 0.702. The van der Waals surface area contributed by atoms with Crippen LogP contribution in [0, 0.1) is 0 Å². The maximum absolute atomic E-state index is 10.3. The topological polar surface area (TPSA) is 55.8 Å². The lowest BCUT2D eigenvalue weighted by atomic mass is 10.1. The molecule has 0 spiro atoms. The summed E-state index contributed by atoms with van der Waals surface area (Å²) in [7, 11) is 0. The maximum Gasteiger partial charge on any atom is 0.302 e. The predicted molar refractivity (Wildman–Crippen MR) is 74.1 cm³/mol. The molecule has 0 heterocycles. The molecule has 0 radical (unpaired) electrons. The van der Waals surface area contributed by atoms with Crippen LogP contribution in [-0.2, 0) is 15.5 Å². The molecule has 1 N–H and O–H groups in total. The van der Waals surface area contributed by atoms with Crippen LogP contribution in [0.25, 0.3) is 11.1 Å². The second-order valence-electron chi connectivity index (χ2n) is 3.78. The minimum Gasteiger partial charge on any atom is -0.491 e. The van der Waals surface area contributed by atoms with Crippen LogP contribution in [0.15, 0.2) is 54.6 Å². The van der Waals surface area contributed by atoms with Crippen molar-refractivity contribution in [1.82, 2.24) is 0 Å². The van der Waals surface area contributed by atoms with Crippen molar-refractivity contribution in [2.75, 3.05) is 13.2 Å². The number of benzene rings is 2. The third-order valence-electron chi connectivity index (χ3n) is 2.48. The van der Waals surface area contributed by atoms with Gasteiger partial charge in [-0.1, -0.05) is 42.5 Å². The van der Waals surface area contributed by atoms with Crippen molar-refractivity contribution in [3.05, 3.63) is 54.6 Å². The van der Waals surface area contributed by atoms with Crippen LogP contribution in [0.2, 0.25) is 0 Å². The Morgan fingerprint density at radius 2 is 1.68 bits per heavy atom. The number of rotatable bonds is 6. The van der Waals surface area contributed by atoms with Crippen molar-refractivity contribution in [1.29, 1.82) is 0 Å². The Balaban J connectivity index is 1.98. The molecule has 5 heteroatoms. The molecule has 0 bridgehead atoms. The zero-order valence-electron chi connectivity index (χ0n) is 10.2. The quantitative estimate of drug-likeness (QED) is 0.652. The summed E-state index contributed by atoms with van der Waals surface area (Å²) < 4.78 is 28.6. The van der Waals surface area contributed by atoms with Gasteiger partial charge >= 0.3 is 11.4 Å². The average molecular weight is 278 g/mol. The van der Waals surface area contributed by atoms with Crippen molar-refractivity contribution in [2.45, 2.75) is 0 Å². The van der Waals surface area contributed by atoms with E-state index in [0.29, 0.717) is 5.75 Å². The molecule has 0 fully saturated rings. The molecule has 0 aliphatic heterocycles. The molecule has 1 unspecified atom stereocenters. The summed E-state index contributed by atoms with van der Waals surface area (Å²) in [5, 5.41) is 0. The van der Waals surface area contributed by atoms with Crippen LogP contribution in [-0.4, -0.2) is 22.0 Å². The molecular weight excluding hydrogens is 264 g/mol. The van der Waals surface area contributed by atoms with E-state index in [1.807, 2.05) is 54.6 Å². The molecule has 1 atom stereocenters. The Labute approximate surface area is 114 Å². The van der Waals surface area contributed by atoms with Crippen molar-refractivity contribution < 1.29 is 17.7 Å². The molecule has 0 saturated carbocycles. The minimum atomic E-state index is -2.24. The van der Waals surface area contributed by atoms with E-state index in [-0.39, 0.29) is 13.2 Å². The smallest absolute Gasteiger partial charge is 0.302 e. The van der Waals surface area contributed by atoms with Crippen molar-refractivity contribution in [3.63, 3.8) is 0 Å². The maximum atomic E-state index is 10.3. The molecular formula is C14H14O4S. The van der Waals surface area contributed by atoms with E-state index in [1.54, 1.807) is 0 Å². The van der Waals surface area contributed by atoms with Gasteiger partial charge in [-0.25, -0.2) is 0 Å². The zero-order valence-corrected chi connectivity index (χ0v) is 11.0. The molecule has 0 saturated heterocycles. The van der Waals surface area contributed by atoms with Gasteiger partial charge in [-0.3, -0.25) is 8.74 Å². The molecule has 19 heavy (non-hydrogen) atoms. The van der Waals surface area contributed by atoms with Crippen molar-refractivity contribution in [3.8, 4) is 16.9 Å². The Kier molecular flexibility index (Phi) is 5.09. The number of hydrogen-bond acceptors (Lipinski definition) is 3. The summed E-state index contributed by atoms with van der Waals surface area (Å²) in [6.45, 7) is 0.295. The Bertz CT molecular complexity index is 542. The highest BCUT2D eigenvalue weighted by Gasteiger charge is 2.00. The van der Waals surface area contributed by atoms with Crippen molar-refractivity contribution >= 4 is 11.4 Å². The van der Waals surface area contributed by atoms with Gasteiger partial charge in [0, 0.05) is 0 Å². The Hall–Kier alpha value is -1.69. The largest absolute Gasteiger partial charge is 0.491 e. The van der Waals surface area contributed by atoms with E-state index in [4.69, 9.17) is 9.29 Å². The lowest BCUT2D eigenvalue weighted by Gasteiger charge is -2.07. The van der Waals surface area contributed by atoms with E-state index >= 15 is 0 Å². The van der Waals surface area contributed by atoms with Crippen LogP contribution in [0.5, 0.6) is 5.75 Å². The highest BCUT2D eigenvalue weighted by molar-refractivity contribution is 7.74. The van der Waals surface area contributed by atoms with E-state index in [0.717, 1.165) is 11.1 Å². The van der Waals surface area contributed by atoms with Crippen LogP contribution in [0.3, 0.4) is 0 Å². The van der Waals surface area contributed by atoms with Gasteiger partial charge in [-0.15, -0.1) is 0 Å². The standard InChI is InChI=1S/C14H14O4S/c15-19(16)18-10-9-17-14-8-4-7-13(11-14)12-5-2-1-3-6-12/h1-8,11H,9-10H2,(H,15,16). The normalized spacial score (nSPS) is 12.1. The summed E-state index contributed by atoms with van der Waals surface area (Å²) >= 11 is -2.24. The third kappa shape index (κ3) is 4.48. The Morgan fingerprint density at radius 3 is 2.42 bits per heavy atom. The summed E-state index contributed by atoms with van der Waals surface area (Å²) in [5.41, 5.74) is 2.17. The second kappa shape index (κ2) is 7.04. The minimum absolute atomic E-state index is 0.0681. The van der Waals surface area contributed by atoms with Gasteiger partial charge in [-0.05, 0) is 23.3 Å². The number of hydrogen-bond donors (Lipinski definition) is 1. The van der Waals surface area contributed by atoms with Gasteiger partial charge in [-0.2, -0.15) is 4.21 Å². The van der Waals surface area contributed by atoms with E-state index in [9.17, 15) is 4.21 Å². The fourth-order valence-electron chi connectivity index (χ4n) is 1.66. The highest BCUT2D eigenvalue weighted by atomic mass is 32.2.